The minimum Gasteiger partial charge on any atom is -0.310 e. The van der Waals surface area contributed by atoms with Gasteiger partial charge in [-0.2, -0.15) is 0 Å². The van der Waals surface area contributed by atoms with Crippen LogP contribution in [0.5, 0.6) is 0 Å². The summed E-state index contributed by atoms with van der Waals surface area (Å²) in [6, 6.07) is 84.7. The molecule has 0 unspecified atom stereocenters. The third-order valence-electron chi connectivity index (χ3n) is 14.3. The Morgan fingerprint density at radius 2 is 0.571 bits per heavy atom. The molecule has 13 rings (SSSR count). The molecule has 0 bridgehead atoms. The van der Waals surface area contributed by atoms with Gasteiger partial charge in [0.25, 0.3) is 0 Å². The van der Waals surface area contributed by atoms with E-state index >= 15 is 0 Å². The van der Waals surface area contributed by atoms with Gasteiger partial charge in [0.1, 0.15) is 0 Å². The fourth-order valence-corrected chi connectivity index (χ4v) is 10.7. The third kappa shape index (κ3) is 7.21. The number of anilines is 6. The zero-order chi connectivity index (χ0) is 46.7. The molecule has 0 spiro atoms. The molecule has 0 heterocycles. The minimum atomic E-state index is 1.11. The Kier molecular flexibility index (Phi) is 9.99. The lowest BCUT2D eigenvalue weighted by molar-refractivity contribution is 1.29. The lowest BCUT2D eigenvalue weighted by atomic mass is 9.93. The van der Waals surface area contributed by atoms with E-state index in [1.54, 1.807) is 0 Å². The van der Waals surface area contributed by atoms with Gasteiger partial charge in [0.05, 0.1) is 11.4 Å². The highest BCUT2D eigenvalue weighted by Crippen LogP contribution is 2.46. The van der Waals surface area contributed by atoms with Crippen molar-refractivity contribution in [3.05, 3.63) is 264 Å². The Morgan fingerprint density at radius 1 is 0.257 bits per heavy atom. The molecule has 70 heavy (non-hydrogen) atoms. The Labute approximate surface area is 408 Å². The summed E-state index contributed by atoms with van der Waals surface area (Å²) in [5.74, 6) is 0. The summed E-state index contributed by atoms with van der Waals surface area (Å²) in [4.78, 5) is 4.80. The van der Waals surface area contributed by atoms with Gasteiger partial charge in [-0.3, -0.25) is 0 Å². The van der Waals surface area contributed by atoms with Gasteiger partial charge in [0, 0.05) is 33.5 Å². The second-order valence-electron chi connectivity index (χ2n) is 18.7. The molecule has 13 aromatic carbocycles. The Hall–Kier alpha value is -8.98. The van der Waals surface area contributed by atoms with Gasteiger partial charge in [-0.15, -0.1) is 0 Å². The van der Waals surface area contributed by atoms with Crippen molar-refractivity contribution in [1.29, 1.82) is 0 Å². The first-order valence-electron chi connectivity index (χ1n) is 24.2. The highest BCUT2D eigenvalue weighted by atomic mass is 15.1. The lowest BCUT2D eigenvalue weighted by Crippen LogP contribution is -2.10. The Balaban J connectivity index is 0.793. The molecule has 0 aromatic heterocycles. The normalized spacial score (nSPS) is 12.0. The van der Waals surface area contributed by atoms with Gasteiger partial charge in [-0.1, -0.05) is 205 Å². The molecule has 330 valence electrons. The average molecular weight is 893 g/mol. The van der Waals surface area contributed by atoms with Crippen LogP contribution in [0.15, 0.2) is 231 Å². The molecule has 2 nitrogen and oxygen atoms in total. The van der Waals surface area contributed by atoms with Crippen LogP contribution in [0.1, 0.15) is 33.4 Å². The predicted molar refractivity (Wildman–Crippen MR) is 303 cm³/mol. The van der Waals surface area contributed by atoms with Gasteiger partial charge < -0.3 is 9.80 Å². The number of aryl methyl sites for hydroxylation is 2. The number of benzene rings is 13. The topological polar surface area (TPSA) is 6.48 Å². The smallest absolute Gasteiger partial charge is 0.0540 e. The van der Waals surface area contributed by atoms with Crippen LogP contribution in [-0.2, 0) is 0 Å². The van der Waals surface area contributed by atoms with Crippen LogP contribution in [0.2, 0.25) is 0 Å². The van der Waals surface area contributed by atoms with Crippen molar-refractivity contribution in [2.75, 3.05) is 9.80 Å². The van der Waals surface area contributed by atoms with Crippen molar-refractivity contribution in [3.8, 4) is 0 Å². The van der Waals surface area contributed by atoms with Gasteiger partial charge in [0.15, 0.2) is 0 Å². The van der Waals surface area contributed by atoms with Crippen LogP contribution in [0, 0.1) is 13.8 Å². The van der Waals surface area contributed by atoms with Crippen molar-refractivity contribution in [3.63, 3.8) is 0 Å². The van der Waals surface area contributed by atoms with Gasteiger partial charge in [-0.05, 0) is 151 Å². The Morgan fingerprint density at radius 3 is 0.943 bits per heavy atom. The van der Waals surface area contributed by atoms with Gasteiger partial charge in [0.2, 0.25) is 0 Å². The van der Waals surface area contributed by atoms with E-state index in [1.807, 2.05) is 0 Å². The summed E-state index contributed by atoms with van der Waals surface area (Å²) in [7, 11) is 0. The molecule has 0 atom stereocenters. The fraction of sp³-hybridized carbons (Fsp3) is 0.0294. The maximum absolute atomic E-state index is 2.40. The fourth-order valence-electron chi connectivity index (χ4n) is 10.7. The molecule has 0 aliphatic carbocycles. The van der Waals surface area contributed by atoms with E-state index in [4.69, 9.17) is 0 Å². The zero-order valence-corrected chi connectivity index (χ0v) is 39.1. The van der Waals surface area contributed by atoms with Crippen LogP contribution < -0.4 is 9.80 Å². The van der Waals surface area contributed by atoms with E-state index in [-0.39, 0.29) is 0 Å². The molecule has 0 N–H and O–H groups in total. The largest absolute Gasteiger partial charge is 0.310 e. The zero-order valence-electron chi connectivity index (χ0n) is 39.1. The molecule has 13 aromatic rings. The molecular formula is C68H48N2. The van der Waals surface area contributed by atoms with Gasteiger partial charge in [-0.25, -0.2) is 0 Å². The van der Waals surface area contributed by atoms with Crippen molar-refractivity contribution < 1.29 is 0 Å². The van der Waals surface area contributed by atoms with Crippen molar-refractivity contribution in [2.45, 2.75) is 13.8 Å². The van der Waals surface area contributed by atoms with Crippen LogP contribution >= 0.6 is 0 Å². The molecule has 0 aliphatic heterocycles. The molecule has 0 aliphatic rings. The maximum Gasteiger partial charge on any atom is 0.0540 e. The highest BCUT2D eigenvalue weighted by molar-refractivity contribution is 6.27. The number of nitrogens with zero attached hydrogens (tertiary/aromatic N) is 2. The standard InChI is InChI=1S/C68H48N2/c1-45-13-33-57(34-14-45)69(63-43-31-55-27-25-51-9-5-11-53-29-41-61(63)67(55)65(51)53)59-37-19-47(20-38-59)17-23-49-7-3-4-8-50(49)24-18-48-21-39-60(40-22-48)70(58-35-15-46(2)16-36-58)64-44-32-56-28-26-52-10-6-12-54-30-42-62(64)68(56)66(52)54/h3-44H,1-2H3. The number of hydrogen-bond acceptors (Lipinski definition) is 2. The average Bonchev–Trinajstić information content (AvgIpc) is 3.41. The summed E-state index contributed by atoms with van der Waals surface area (Å²) in [5, 5.41) is 15.4. The van der Waals surface area contributed by atoms with E-state index in [9.17, 15) is 0 Å². The quantitative estimate of drug-likeness (QED) is 0.0997. The molecule has 0 amide bonds. The third-order valence-corrected chi connectivity index (χ3v) is 14.3. The van der Waals surface area contributed by atoms with E-state index < -0.39 is 0 Å². The van der Waals surface area contributed by atoms with E-state index in [2.05, 4.69) is 278 Å². The summed E-state index contributed by atoms with van der Waals surface area (Å²) in [6.07, 6.45) is 8.89. The van der Waals surface area contributed by atoms with Crippen LogP contribution in [0.4, 0.5) is 34.1 Å². The summed E-state index contributed by atoms with van der Waals surface area (Å²) < 4.78 is 0. The van der Waals surface area contributed by atoms with Crippen molar-refractivity contribution >= 4 is 123 Å². The molecule has 0 radical (unpaired) electrons. The van der Waals surface area contributed by atoms with Crippen molar-refractivity contribution in [1.82, 2.24) is 0 Å². The first-order chi connectivity index (χ1) is 34.5. The first-order valence-corrected chi connectivity index (χ1v) is 24.2. The maximum atomic E-state index is 2.40. The number of rotatable bonds is 10. The van der Waals surface area contributed by atoms with E-state index in [1.165, 1.54) is 87.1 Å². The minimum absolute atomic E-state index is 1.11. The van der Waals surface area contributed by atoms with E-state index in [0.717, 1.165) is 45.0 Å². The highest BCUT2D eigenvalue weighted by Gasteiger charge is 2.20. The second kappa shape index (κ2) is 17.0. The molecule has 0 fully saturated rings. The monoisotopic (exact) mass is 892 g/mol. The molecule has 0 saturated carbocycles. The lowest BCUT2D eigenvalue weighted by Gasteiger charge is -2.28. The van der Waals surface area contributed by atoms with Crippen LogP contribution in [0.3, 0.4) is 0 Å². The van der Waals surface area contributed by atoms with Crippen molar-refractivity contribution in [2.24, 2.45) is 0 Å². The summed E-state index contributed by atoms with van der Waals surface area (Å²) in [6.45, 7) is 4.29. The van der Waals surface area contributed by atoms with Gasteiger partial charge >= 0.3 is 0 Å². The number of hydrogen-bond donors (Lipinski definition) is 0. The molecular weight excluding hydrogens is 845 g/mol. The van der Waals surface area contributed by atoms with Crippen LogP contribution in [0.25, 0.3) is 88.9 Å². The second-order valence-corrected chi connectivity index (χ2v) is 18.7. The molecule has 0 saturated heterocycles. The summed E-state index contributed by atoms with van der Waals surface area (Å²) >= 11 is 0. The van der Waals surface area contributed by atoms with E-state index in [0.29, 0.717) is 0 Å². The summed E-state index contributed by atoms with van der Waals surface area (Å²) in [5.41, 5.74) is 13.9. The molecule has 2 heteroatoms. The Bertz CT molecular complexity index is 3800. The predicted octanol–water partition coefficient (Wildman–Crippen LogP) is 19.4. The van der Waals surface area contributed by atoms with Crippen LogP contribution in [-0.4, -0.2) is 0 Å². The SMILES string of the molecule is Cc1ccc(N(c2ccc(C=Cc3ccccc3C=Cc3ccc(N(c4ccc(C)cc4)c4ccc5ccc6cccc7ccc4c5c67)cc3)cc2)c2ccc3ccc4cccc5ccc2c3c45)cc1. The first kappa shape index (κ1) is 41.2.